The van der Waals surface area contributed by atoms with E-state index in [0.717, 1.165) is 27.3 Å². The van der Waals surface area contributed by atoms with Crippen molar-refractivity contribution >= 4 is 40.0 Å². The first-order valence-corrected chi connectivity index (χ1v) is 9.70. The molecule has 0 spiro atoms. The van der Waals surface area contributed by atoms with Gasteiger partial charge in [-0.2, -0.15) is 0 Å². The number of amides is 1. The first-order valence-electron chi connectivity index (χ1n) is 7.77. The van der Waals surface area contributed by atoms with Gasteiger partial charge < -0.3 is 5.32 Å². The number of fused-ring (bicyclic) bond motifs is 1. The highest BCUT2D eigenvalue weighted by atomic mass is 32.2. The van der Waals surface area contributed by atoms with Crippen LogP contribution < -0.4 is 5.32 Å². The van der Waals surface area contributed by atoms with Crippen LogP contribution in [0, 0.1) is 6.92 Å². The molecule has 3 rings (SSSR count). The van der Waals surface area contributed by atoms with Crippen molar-refractivity contribution in [2.24, 2.45) is 0 Å². The van der Waals surface area contributed by atoms with Gasteiger partial charge in [0.1, 0.15) is 0 Å². The molecule has 3 aromatic rings. The summed E-state index contributed by atoms with van der Waals surface area (Å²) in [6, 6.07) is 11.9. The number of para-hydroxylation sites is 2. The van der Waals surface area contributed by atoms with Crippen molar-refractivity contribution in [3.63, 3.8) is 0 Å². The van der Waals surface area contributed by atoms with Gasteiger partial charge in [-0.1, -0.05) is 18.2 Å². The number of nitrogens with zero attached hydrogens (tertiary/aromatic N) is 2. The lowest BCUT2D eigenvalue weighted by Crippen LogP contribution is -2.30. The molecular weight excluding hydrogens is 338 g/mol. The van der Waals surface area contributed by atoms with Gasteiger partial charge in [0.2, 0.25) is 5.91 Å². The third-order valence-corrected chi connectivity index (χ3v) is 5.73. The van der Waals surface area contributed by atoms with E-state index in [1.54, 1.807) is 23.1 Å². The molecule has 1 atom stereocenters. The zero-order valence-electron chi connectivity index (χ0n) is 13.7. The van der Waals surface area contributed by atoms with E-state index in [9.17, 15) is 4.79 Å². The summed E-state index contributed by atoms with van der Waals surface area (Å²) in [5.74, 6) is 0.733. The normalized spacial score (nSPS) is 12.2. The van der Waals surface area contributed by atoms with Crippen LogP contribution in [0.1, 0.15) is 23.2 Å². The number of rotatable bonds is 6. The third kappa shape index (κ3) is 4.13. The van der Waals surface area contributed by atoms with Crippen LogP contribution >= 0.6 is 23.1 Å². The monoisotopic (exact) mass is 357 g/mol. The average Bonchev–Trinajstić information content (AvgIpc) is 3.11. The van der Waals surface area contributed by atoms with Crippen molar-refractivity contribution in [1.82, 2.24) is 15.3 Å². The van der Waals surface area contributed by atoms with Crippen molar-refractivity contribution in [3.8, 4) is 0 Å². The molecule has 0 fully saturated rings. The summed E-state index contributed by atoms with van der Waals surface area (Å²) >= 11 is 3.24. The molecule has 2 aromatic heterocycles. The molecule has 0 aliphatic rings. The Morgan fingerprint density at radius 1 is 1.21 bits per heavy atom. The van der Waals surface area contributed by atoms with Crippen LogP contribution in [0.15, 0.2) is 41.8 Å². The summed E-state index contributed by atoms with van der Waals surface area (Å²) in [5, 5.41) is 4.87. The summed E-state index contributed by atoms with van der Waals surface area (Å²) in [5.41, 5.74) is 3.67. The molecule has 0 saturated heterocycles. The maximum absolute atomic E-state index is 12.2. The Kier molecular flexibility index (Phi) is 5.48. The van der Waals surface area contributed by atoms with E-state index < -0.39 is 0 Å². The highest BCUT2D eigenvalue weighted by Gasteiger charge is 2.15. The molecular formula is C18H19N3OS2. The van der Waals surface area contributed by atoms with Gasteiger partial charge in [-0.15, -0.1) is 23.1 Å². The number of carbonyl (C=O) groups excluding carboxylic acids is 1. The Morgan fingerprint density at radius 3 is 2.67 bits per heavy atom. The van der Waals surface area contributed by atoms with Gasteiger partial charge in [-0.25, -0.2) is 9.97 Å². The minimum Gasteiger partial charge on any atom is -0.350 e. The molecule has 0 aliphatic carbocycles. The molecule has 6 heteroatoms. The first kappa shape index (κ1) is 16.9. The highest BCUT2D eigenvalue weighted by Crippen LogP contribution is 2.20. The Hall–Kier alpha value is -1.92. The largest absolute Gasteiger partial charge is 0.350 e. The predicted molar refractivity (Wildman–Crippen MR) is 101 cm³/mol. The number of thioether (sulfide) groups is 1. The maximum Gasteiger partial charge on any atom is 0.233 e. The summed E-state index contributed by atoms with van der Waals surface area (Å²) in [7, 11) is 0. The standard InChI is InChI=1S/C18H19N3OS2/c1-12-17(21-16-8-4-3-7-15(16)20-12)11-24-13(2)18(22)19-10-14-6-5-9-23-14/h3-9,13H,10-11H2,1-2H3,(H,19,22). The molecule has 1 amide bonds. The van der Waals surface area contributed by atoms with Crippen LogP contribution in [0.4, 0.5) is 0 Å². The van der Waals surface area contributed by atoms with Crippen molar-refractivity contribution in [1.29, 1.82) is 0 Å². The molecule has 0 saturated carbocycles. The molecule has 0 aliphatic heterocycles. The van der Waals surface area contributed by atoms with Crippen LogP contribution in [-0.4, -0.2) is 21.1 Å². The first-order chi connectivity index (χ1) is 11.6. The molecule has 1 unspecified atom stereocenters. The van der Waals surface area contributed by atoms with Crippen LogP contribution in [0.25, 0.3) is 11.0 Å². The number of aryl methyl sites for hydroxylation is 1. The Balaban J connectivity index is 1.58. The number of hydrogen-bond donors (Lipinski definition) is 1. The molecule has 2 heterocycles. The SMILES string of the molecule is Cc1nc2ccccc2nc1CSC(C)C(=O)NCc1cccs1. The zero-order chi connectivity index (χ0) is 16.9. The van der Waals surface area contributed by atoms with Gasteiger partial charge >= 0.3 is 0 Å². The summed E-state index contributed by atoms with van der Waals surface area (Å²) in [6.45, 7) is 4.49. The van der Waals surface area contributed by atoms with Crippen molar-refractivity contribution in [3.05, 3.63) is 58.0 Å². The highest BCUT2D eigenvalue weighted by molar-refractivity contribution is 7.99. The van der Waals surface area contributed by atoms with Crippen molar-refractivity contribution in [2.75, 3.05) is 0 Å². The lowest BCUT2D eigenvalue weighted by Gasteiger charge is -2.12. The second-order valence-corrected chi connectivity index (χ2v) is 7.86. The fraction of sp³-hybridized carbons (Fsp3) is 0.278. The van der Waals surface area contributed by atoms with Crippen molar-refractivity contribution in [2.45, 2.75) is 31.4 Å². The van der Waals surface area contributed by atoms with Gasteiger partial charge in [0.15, 0.2) is 0 Å². The maximum atomic E-state index is 12.2. The molecule has 124 valence electrons. The fourth-order valence-electron chi connectivity index (χ4n) is 2.27. The second kappa shape index (κ2) is 7.77. The Labute approximate surface area is 149 Å². The smallest absolute Gasteiger partial charge is 0.233 e. The van der Waals surface area contributed by atoms with Crippen LogP contribution in [0.3, 0.4) is 0 Å². The van der Waals surface area contributed by atoms with E-state index in [0.29, 0.717) is 12.3 Å². The van der Waals surface area contributed by atoms with E-state index >= 15 is 0 Å². The van der Waals surface area contributed by atoms with Gasteiger partial charge in [0.05, 0.1) is 34.2 Å². The number of hydrogen-bond acceptors (Lipinski definition) is 5. The predicted octanol–water partition coefficient (Wildman–Crippen LogP) is 3.94. The number of thiophene rings is 1. The number of benzene rings is 1. The fourth-order valence-corrected chi connectivity index (χ4v) is 3.83. The zero-order valence-corrected chi connectivity index (χ0v) is 15.3. The van der Waals surface area contributed by atoms with Gasteiger partial charge in [-0.05, 0) is 37.4 Å². The molecule has 1 N–H and O–H groups in total. The third-order valence-electron chi connectivity index (χ3n) is 3.70. The summed E-state index contributed by atoms with van der Waals surface area (Å²) in [4.78, 5) is 22.6. The van der Waals surface area contributed by atoms with Crippen molar-refractivity contribution < 1.29 is 4.79 Å². The molecule has 0 bridgehead atoms. The quantitative estimate of drug-likeness (QED) is 0.726. The van der Waals surface area contributed by atoms with E-state index in [-0.39, 0.29) is 11.2 Å². The lowest BCUT2D eigenvalue weighted by molar-refractivity contribution is -0.120. The minimum absolute atomic E-state index is 0.0554. The van der Waals surface area contributed by atoms with Crippen LogP contribution in [0.5, 0.6) is 0 Å². The second-order valence-electron chi connectivity index (χ2n) is 5.49. The van der Waals surface area contributed by atoms with Crippen LogP contribution in [0.2, 0.25) is 0 Å². The van der Waals surface area contributed by atoms with E-state index in [1.807, 2.05) is 55.6 Å². The van der Waals surface area contributed by atoms with Gasteiger partial charge in [0.25, 0.3) is 0 Å². The van der Waals surface area contributed by atoms with E-state index in [2.05, 4.69) is 15.3 Å². The van der Waals surface area contributed by atoms with Gasteiger partial charge in [0, 0.05) is 10.6 Å². The lowest BCUT2D eigenvalue weighted by atomic mass is 10.2. The summed E-state index contributed by atoms with van der Waals surface area (Å²) < 4.78 is 0. The van der Waals surface area contributed by atoms with E-state index in [1.165, 1.54) is 0 Å². The van der Waals surface area contributed by atoms with E-state index in [4.69, 9.17) is 0 Å². The minimum atomic E-state index is -0.127. The molecule has 4 nitrogen and oxygen atoms in total. The van der Waals surface area contributed by atoms with Crippen LogP contribution in [-0.2, 0) is 17.1 Å². The molecule has 1 aromatic carbocycles. The average molecular weight is 358 g/mol. The Morgan fingerprint density at radius 2 is 1.96 bits per heavy atom. The number of carbonyl (C=O) groups is 1. The number of aromatic nitrogens is 2. The topological polar surface area (TPSA) is 54.9 Å². The molecule has 0 radical (unpaired) electrons. The Bertz CT molecular complexity index is 833. The number of nitrogens with one attached hydrogen (secondary N) is 1. The molecule has 24 heavy (non-hydrogen) atoms. The summed E-state index contributed by atoms with van der Waals surface area (Å²) in [6.07, 6.45) is 0. The van der Waals surface area contributed by atoms with Gasteiger partial charge in [-0.3, -0.25) is 4.79 Å².